The topological polar surface area (TPSA) is 20.2 Å². The van der Waals surface area contributed by atoms with Crippen LogP contribution in [0, 0.1) is 29.1 Å². The minimum atomic E-state index is -2.18. The first-order valence-electron chi connectivity index (χ1n) is 3.75. The average molecular weight is 244 g/mol. The van der Waals surface area contributed by atoms with Gasteiger partial charge in [0.2, 0.25) is 5.82 Å². The first-order valence-corrected chi connectivity index (χ1v) is 4.74. The van der Waals surface area contributed by atoms with Crippen LogP contribution in [-0.2, 0) is 0 Å². The van der Waals surface area contributed by atoms with E-state index in [2.05, 4.69) is 0 Å². The van der Waals surface area contributed by atoms with Crippen LogP contribution < -0.4 is 0 Å². The van der Waals surface area contributed by atoms with E-state index < -0.39 is 40.6 Å². The van der Waals surface area contributed by atoms with Crippen molar-refractivity contribution in [2.45, 2.75) is 4.90 Å². The number of benzene rings is 1. The standard InChI is InChI=1S/C8H5F5OS/c9-3-4(10)6(12)8(15-2-1-14)7(13)5(3)11/h14H,1-2H2. The van der Waals surface area contributed by atoms with Gasteiger partial charge >= 0.3 is 0 Å². The summed E-state index contributed by atoms with van der Waals surface area (Å²) in [5, 5.41) is 8.38. The molecule has 0 atom stereocenters. The Morgan fingerprint density at radius 2 is 1.20 bits per heavy atom. The number of hydrogen-bond donors (Lipinski definition) is 1. The van der Waals surface area contributed by atoms with Crippen molar-refractivity contribution in [3.05, 3.63) is 29.1 Å². The molecule has 7 heteroatoms. The Morgan fingerprint density at radius 3 is 1.60 bits per heavy atom. The van der Waals surface area contributed by atoms with Gasteiger partial charge in [-0.25, -0.2) is 22.0 Å². The van der Waals surface area contributed by atoms with E-state index in [1.807, 2.05) is 0 Å². The van der Waals surface area contributed by atoms with E-state index >= 15 is 0 Å². The zero-order valence-corrected chi connectivity index (χ0v) is 7.98. The molecule has 0 amide bonds. The summed E-state index contributed by atoms with van der Waals surface area (Å²) in [5.74, 6) is -10.0. The number of halogens is 5. The molecule has 0 aliphatic rings. The third-order valence-electron chi connectivity index (χ3n) is 1.51. The van der Waals surface area contributed by atoms with Crippen molar-refractivity contribution in [1.82, 2.24) is 0 Å². The molecule has 1 N–H and O–H groups in total. The lowest BCUT2D eigenvalue weighted by molar-refractivity contribution is 0.322. The molecule has 1 rings (SSSR count). The summed E-state index contributed by atoms with van der Waals surface area (Å²) < 4.78 is 63.5. The summed E-state index contributed by atoms with van der Waals surface area (Å²) in [4.78, 5) is -0.972. The Balaban J connectivity index is 3.26. The van der Waals surface area contributed by atoms with Crippen LogP contribution in [0.25, 0.3) is 0 Å². The minimum Gasteiger partial charge on any atom is -0.396 e. The van der Waals surface area contributed by atoms with Gasteiger partial charge in [0.25, 0.3) is 0 Å². The quantitative estimate of drug-likeness (QED) is 0.381. The molecule has 1 aromatic carbocycles. The maximum Gasteiger partial charge on any atom is 0.200 e. The number of thioether (sulfide) groups is 1. The molecule has 0 heterocycles. The highest BCUT2D eigenvalue weighted by atomic mass is 32.2. The van der Waals surface area contributed by atoms with Gasteiger partial charge in [-0.1, -0.05) is 0 Å². The molecule has 0 aliphatic carbocycles. The van der Waals surface area contributed by atoms with E-state index in [4.69, 9.17) is 5.11 Å². The van der Waals surface area contributed by atoms with Crippen LogP contribution in [0.5, 0.6) is 0 Å². The van der Waals surface area contributed by atoms with Crippen molar-refractivity contribution in [2.75, 3.05) is 12.4 Å². The Morgan fingerprint density at radius 1 is 0.800 bits per heavy atom. The SMILES string of the molecule is OCCSc1c(F)c(F)c(F)c(F)c1F. The summed E-state index contributed by atoms with van der Waals surface area (Å²) >= 11 is 0.364. The second-order valence-corrected chi connectivity index (χ2v) is 3.58. The maximum absolute atomic E-state index is 12.9. The molecule has 1 nitrogen and oxygen atoms in total. The van der Waals surface area contributed by atoms with Gasteiger partial charge in [0.05, 0.1) is 11.5 Å². The summed E-state index contributed by atoms with van der Waals surface area (Å²) in [5.41, 5.74) is 0. The van der Waals surface area contributed by atoms with Gasteiger partial charge < -0.3 is 5.11 Å². The first kappa shape index (κ1) is 12.3. The molecule has 0 aliphatic heterocycles. The smallest absolute Gasteiger partial charge is 0.200 e. The minimum absolute atomic E-state index is 0.154. The van der Waals surface area contributed by atoms with Crippen LogP contribution in [0.3, 0.4) is 0 Å². The summed E-state index contributed by atoms with van der Waals surface area (Å²) in [6.07, 6.45) is 0. The predicted octanol–water partition coefficient (Wildman–Crippen LogP) is 2.47. The van der Waals surface area contributed by atoms with Crippen molar-refractivity contribution in [3.63, 3.8) is 0 Å². The van der Waals surface area contributed by atoms with E-state index in [1.165, 1.54) is 0 Å². The molecular weight excluding hydrogens is 239 g/mol. The van der Waals surface area contributed by atoms with Crippen LogP contribution in [0.4, 0.5) is 22.0 Å². The molecule has 0 bridgehead atoms. The summed E-state index contributed by atoms with van der Waals surface area (Å²) in [6.45, 7) is -0.426. The van der Waals surface area contributed by atoms with E-state index in [0.29, 0.717) is 11.8 Å². The molecule has 0 saturated carbocycles. The first-order chi connectivity index (χ1) is 7.00. The normalized spacial score (nSPS) is 10.8. The molecule has 0 spiro atoms. The molecule has 15 heavy (non-hydrogen) atoms. The van der Waals surface area contributed by atoms with E-state index in [9.17, 15) is 22.0 Å². The van der Waals surface area contributed by atoms with Crippen molar-refractivity contribution in [3.8, 4) is 0 Å². The van der Waals surface area contributed by atoms with Gasteiger partial charge in [0.1, 0.15) is 0 Å². The monoisotopic (exact) mass is 244 g/mol. The van der Waals surface area contributed by atoms with Gasteiger partial charge in [-0.05, 0) is 0 Å². The van der Waals surface area contributed by atoms with Crippen molar-refractivity contribution in [2.24, 2.45) is 0 Å². The molecule has 1 aromatic rings. The fourth-order valence-corrected chi connectivity index (χ4v) is 1.59. The van der Waals surface area contributed by atoms with Gasteiger partial charge in [-0.15, -0.1) is 11.8 Å². The predicted molar refractivity (Wildman–Crippen MR) is 44.0 cm³/mol. The maximum atomic E-state index is 12.9. The van der Waals surface area contributed by atoms with Crippen LogP contribution in [0.1, 0.15) is 0 Å². The third-order valence-corrected chi connectivity index (χ3v) is 2.54. The highest BCUT2D eigenvalue weighted by molar-refractivity contribution is 7.99. The van der Waals surface area contributed by atoms with Gasteiger partial charge in [0.15, 0.2) is 23.3 Å². The zero-order valence-electron chi connectivity index (χ0n) is 7.16. The van der Waals surface area contributed by atoms with Crippen LogP contribution in [0.15, 0.2) is 4.90 Å². The van der Waals surface area contributed by atoms with Crippen LogP contribution in [0.2, 0.25) is 0 Å². The fourth-order valence-electron chi connectivity index (χ4n) is 0.859. The molecular formula is C8H5F5OS. The van der Waals surface area contributed by atoms with Crippen LogP contribution in [-0.4, -0.2) is 17.5 Å². The number of hydrogen-bond acceptors (Lipinski definition) is 2. The molecule has 0 fully saturated rings. The largest absolute Gasteiger partial charge is 0.396 e. The van der Waals surface area contributed by atoms with Gasteiger partial charge in [0, 0.05) is 5.75 Å². The number of aliphatic hydroxyl groups excluding tert-OH is 1. The summed E-state index contributed by atoms with van der Waals surface area (Å²) in [7, 11) is 0. The molecule has 0 saturated heterocycles. The second kappa shape index (κ2) is 4.80. The molecule has 0 unspecified atom stereocenters. The Bertz CT molecular complexity index is 353. The van der Waals surface area contributed by atoms with Crippen molar-refractivity contribution in [1.29, 1.82) is 0 Å². The highest BCUT2D eigenvalue weighted by Crippen LogP contribution is 2.30. The molecule has 0 aromatic heterocycles. The lowest BCUT2D eigenvalue weighted by Crippen LogP contribution is -2.04. The number of aliphatic hydroxyl groups is 1. The lowest BCUT2D eigenvalue weighted by atomic mass is 10.3. The Labute approximate surface area is 85.9 Å². The third kappa shape index (κ3) is 2.23. The van der Waals surface area contributed by atoms with Gasteiger partial charge in [-0.3, -0.25) is 0 Å². The van der Waals surface area contributed by atoms with E-state index in [-0.39, 0.29) is 5.75 Å². The molecule has 0 radical (unpaired) electrons. The average Bonchev–Trinajstić information content (AvgIpc) is 2.24. The second-order valence-electron chi connectivity index (χ2n) is 2.47. The van der Waals surface area contributed by atoms with E-state index in [1.54, 1.807) is 0 Å². The Hall–Kier alpha value is -0.820. The van der Waals surface area contributed by atoms with Crippen molar-refractivity contribution >= 4 is 11.8 Å². The van der Waals surface area contributed by atoms with Gasteiger partial charge in [-0.2, -0.15) is 0 Å². The highest BCUT2D eigenvalue weighted by Gasteiger charge is 2.25. The number of rotatable bonds is 3. The molecule has 84 valence electrons. The van der Waals surface area contributed by atoms with Crippen LogP contribution >= 0.6 is 11.8 Å². The fraction of sp³-hybridized carbons (Fsp3) is 0.250. The van der Waals surface area contributed by atoms with Crippen molar-refractivity contribution < 1.29 is 27.1 Å². The zero-order chi connectivity index (χ0) is 11.6. The van der Waals surface area contributed by atoms with E-state index in [0.717, 1.165) is 0 Å². The Kier molecular flexibility index (Phi) is 3.92. The summed E-state index contributed by atoms with van der Waals surface area (Å²) in [6, 6.07) is 0. The lowest BCUT2D eigenvalue weighted by Gasteiger charge is -2.06.